The summed E-state index contributed by atoms with van der Waals surface area (Å²) >= 11 is 5.85. The lowest BCUT2D eigenvalue weighted by atomic mass is 10.2. The lowest BCUT2D eigenvalue weighted by Gasteiger charge is -2.11. The van der Waals surface area contributed by atoms with E-state index in [-0.39, 0.29) is 16.8 Å². The molecule has 3 nitrogen and oxygen atoms in total. The van der Waals surface area contributed by atoms with Crippen molar-refractivity contribution < 1.29 is 17.6 Å². The van der Waals surface area contributed by atoms with Crippen molar-refractivity contribution in [3.05, 3.63) is 46.5 Å². The van der Waals surface area contributed by atoms with Crippen molar-refractivity contribution in [2.75, 3.05) is 5.32 Å². The second kappa shape index (κ2) is 6.48. The summed E-state index contributed by atoms with van der Waals surface area (Å²) in [6, 6.07) is 4.16. The molecule has 22 heavy (non-hydrogen) atoms. The Morgan fingerprint density at radius 3 is 2.55 bits per heavy atom. The van der Waals surface area contributed by atoms with Crippen LogP contribution in [0.4, 0.5) is 29.2 Å². The molecule has 0 radical (unpaired) electrons. The van der Waals surface area contributed by atoms with Gasteiger partial charge in [-0.25, -0.2) is 14.4 Å². The molecule has 0 aliphatic carbocycles. The van der Waals surface area contributed by atoms with Gasteiger partial charge in [-0.2, -0.15) is 13.2 Å². The van der Waals surface area contributed by atoms with E-state index in [1.165, 1.54) is 6.07 Å². The topological polar surface area (TPSA) is 37.8 Å². The maximum atomic E-state index is 13.2. The van der Waals surface area contributed by atoms with Crippen molar-refractivity contribution in [2.45, 2.75) is 25.9 Å². The van der Waals surface area contributed by atoms with Crippen LogP contribution in [0.5, 0.6) is 0 Å². The normalized spacial score (nSPS) is 11.5. The van der Waals surface area contributed by atoms with Crippen LogP contribution in [-0.4, -0.2) is 9.97 Å². The molecule has 1 aromatic carbocycles. The molecule has 0 bridgehead atoms. The number of nitrogens with one attached hydrogen (secondary N) is 1. The molecule has 2 rings (SSSR count). The molecule has 0 unspecified atom stereocenters. The van der Waals surface area contributed by atoms with E-state index in [0.717, 1.165) is 12.5 Å². The Labute approximate surface area is 129 Å². The number of hydrogen-bond acceptors (Lipinski definition) is 3. The summed E-state index contributed by atoms with van der Waals surface area (Å²) in [4.78, 5) is 8.05. The Morgan fingerprint density at radius 2 is 1.91 bits per heavy atom. The third-order valence-corrected chi connectivity index (χ3v) is 2.98. The van der Waals surface area contributed by atoms with Crippen LogP contribution >= 0.6 is 11.6 Å². The highest BCUT2D eigenvalue weighted by molar-refractivity contribution is 6.29. The van der Waals surface area contributed by atoms with E-state index in [9.17, 15) is 17.6 Å². The highest BCUT2D eigenvalue weighted by Gasteiger charge is 2.34. The molecule has 0 aliphatic heterocycles. The van der Waals surface area contributed by atoms with E-state index < -0.39 is 17.6 Å². The van der Waals surface area contributed by atoms with Crippen molar-refractivity contribution >= 4 is 23.2 Å². The predicted octanol–water partition coefficient (Wildman–Crippen LogP) is 4.98. The number of aromatic nitrogens is 2. The lowest BCUT2D eigenvalue weighted by Crippen LogP contribution is -2.09. The fourth-order valence-corrected chi connectivity index (χ4v) is 2.06. The number of hydrogen-bond donors (Lipinski definition) is 1. The minimum Gasteiger partial charge on any atom is -0.324 e. The van der Waals surface area contributed by atoms with Gasteiger partial charge in [0.25, 0.3) is 0 Å². The largest absolute Gasteiger partial charge is 0.419 e. The zero-order chi connectivity index (χ0) is 16.3. The maximum Gasteiger partial charge on any atom is 0.419 e. The van der Waals surface area contributed by atoms with Crippen molar-refractivity contribution in [3.63, 3.8) is 0 Å². The minimum atomic E-state index is -4.77. The van der Waals surface area contributed by atoms with Gasteiger partial charge in [-0.1, -0.05) is 24.9 Å². The summed E-state index contributed by atoms with van der Waals surface area (Å²) in [5.41, 5.74) is -0.657. The Balaban J connectivity index is 2.31. The second-order valence-electron chi connectivity index (χ2n) is 4.57. The van der Waals surface area contributed by atoms with E-state index >= 15 is 0 Å². The summed E-state index contributed by atoms with van der Waals surface area (Å²) < 4.78 is 51.3. The molecular formula is C14H12ClF4N3. The van der Waals surface area contributed by atoms with Gasteiger partial charge in [0, 0.05) is 11.4 Å². The first-order valence-electron chi connectivity index (χ1n) is 6.47. The van der Waals surface area contributed by atoms with Crippen molar-refractivity contribution in [2.24, 2.45) is 0 Å². The lowest BCUT2D eigenvalue weighted by molar-refractivity contribution is -0.139. The van der Waals surface area contributed by atoms with Crippen molar-refractivity contribution in [1.29, 1.82) is 0 Å². The van der Waals surface area contributed by atoms with Crippen LogP contribution in [0.2, 0.25) is 5.15 Å². The molecule has 0 aliphatic rings. The maximum absolute atomic E-state index is 13.2. The number of benzene rings is 1. The van der Waals surface area contributed by atoms with Crippen LogP contribution < -0.4 is 5.32 Å². The molecule has 0 amide bonds. The number of rotatable bonds is 4. The van der Waals surface area contributed by atoms with Gasteiger partial charge >= 0.3 is 6.18 Å². The SMILES string of the molecule is CCCc1cc(Cl)nc(Nc2ccc(F)c(C(F)(F)F)c2)n1. The zero-order valence-corrected chi connectivity index (χ0v) is 12.3. The molecule has 1 N–H and O–H groups in total. The van der Waals surface area contributed by atoms with Crippen molar-refractivity contribution in [1.82, 2.24) is 9.97 Å². The van der Waals surface area contributed by atoms with Crippen LogP contribution in [-0.2, 0) is 12.6 Å². The number of nitrogens with zero attached hydrogens (tertiary/aromatic N) is 2. The molecule has 0 atom stereocenters. The smallest absolute Gasteiger partial charge is 0.324 e. The third-order valence-electron chi connectivity index (χ3n) is 2.78. The fourth-order valence-electron chi connectivity index (χ4n) is 1.85. The van der Waals surface area contributed by atoms with Crippen LogP contribution in [0.1, 0.15) is 24.6 Å². The number of anilines is 2. The van der Waals surface area contributed by atoms with Gasteiger partial charge in [0.15, 0.2) is 0 Å². The quantitative estimate of drug-likeness (QED) is 0.633. The summed E-state index contributed by atoms with van der Waals surface area (Å²) in [6.07, 6.45) is -3.28. The number of alkyl halides is 3. The highest BCUT2D eigenvalue weighted by Crippen LogP contribution is 2.33. The van der Waals surface area contributed by atoms with E-state index in [1.54, 1.807) is 6.07 Å². The molecule has 118 valence electrons. The second-order valence-corrected chi connectivity index (χ2v) is 4.96. The average Bonchev–Trinajstić information content (AvgIpc) is 2.39. The summed E-state index contributed by atoms with van der Waals surface area (Å²) in [6.45, 7) is 1.96. The molecule has 1 aromatic heterocycles. The van der Waals surface area contributed by atoms with Crippen LogP contribution in [0.15, 0.2) is 24.3 Å². The average molecular weight is 334 g/mol. The standard InChI is InChI=1S/C14H12ClF4N3/c1-2-3-8-7-12(15)22-13(20-8)21-9-4-5-11(16)10(6-9)14(17,18)19/h4-7H,2-3H2,1H3,(H,20,21,22). The fraction of sp³-hybridized carbons (Fsp3) is 0.286. The van der Waals surface area contributed by atoms with E-state index in [2.05, 4.69) is 15.3 Å². The predicted molar refractivity (Wildman–Crippen MR) is 75.7 cm³/mol. The van der Waals surface area contributed by atoms with Gasteiger partial charge in [0.1, 0.15) is 11.0 Å². The first kappa shape index (κ1) is 16.5. The summed E-state index contributed by atoms with van der Waals surface area (Å²) in [5, 5.41) is 2.79. The zero-order valence-electron chi connectivity index (χ0n) is 11.5. The monoisotopic (exact) mass is 333 g/mol. The Hall–Kier alpha value is -1.89. The molecule has 0 saturated carbocycles. The summed E-state index contributed by atoms with van der Waals surface area (Å²) in [5.74, 6) is -1.27. The molecule has 2 aromatic rings. The molecule has 0 spiro atoms. The Morgan fingerprint density at radius 1 is 1.18 bits per heavy atom. The van der Waals surface area contributed by atoms with Gasteiger partial charge in [-0.15, -0.1) is 0 Å². The van der Waals surface area contributed by atoms with Gasteiger partial charge in [-0.3, -0.25) is 0 Å². The Kier molecular flexibility index (Phi) is 4.85. The van der Waals surface area contributed by atoms with Crippen LogP contribution in [0.25, 0.3) is 0 Å². The first-order valence-corrected chi connectivity index (χ1v) is 6.84. The van der Waals surface area contributed by atoms with E-state index in [0.29, 0.717) is 18.2 Å². The molecule has 0 fully saturated rings. The van der Waals surface area contributed by atoms with Crippen molar-refractivity contribution in [3.8, 4) is 0 Å². The number of halogens is 5. The van der Waals surface area contributed by atoms with Crippen LogP contribution in [0, 0.1) is 5.82 Å². The summed E-state index contributed by atoms with van der Waals surface area (Å²) in [7, 11) is 0. The third kappa shape index (κ3) is 4.07. The van der Waals surface area contributed by atoms with Gasteiger partial charge < -0.3 is 5.32 Å². The van der Waals surface area contributed by atoms with Crippen LogP contribution in [0.3, 0.4) is 0 Å². The van der Waals surface area contributed by atoms with E-state index in [4.69, 9.17) is 11.6 Å². The van der Waals surface area contributed by atoms with Gasteiger partial charge in [0.2, 0.25) is 5.95 Å². The first-order chi connectivity index (χ1) is 10.3. The molecular weight excluding hydrogens is 322 g/mol. The molecule has 8 heteroatoms. The number of aryl methyl sites for hydroxylation is 1. The highest BCUT2D eigenvalue weighted by atomic mass is 35.5. The molecule has 1 heterocycles. The minimum absolute atomic E-state index is 0.0263. The van der Waals surface area contributed by atoms with Gasteiger partial charge in [0.05, 0.1) is 5.56 Å². The Bertz CT molecular complexity index is 674. The molecule has 0 saturated heterocycles. The van der Waals surface area contributed by atoms with Gasteiger partial charge in [-0.05, 0) is 30.7 Å². The van der Waals surface area contributed by atoms with E-state index in [1.807, 2.05) is 6.92 Å².